The molecule has 0 radical (unpaired) electrons. The lowest BCUT2D eigenvalue weighted by Gasteiger charge is -2.31. The standard InChI is InChI=1S/C13H23N3O2/c1-4-15-12(17)9-16(5-2)13(10(3)14)11-7-6-8-18-11/h6-8,10,13H,4-5,9,14H2,1-3H3,(H,15,17). The molecule has 0 saturated heterocycles. The molecule has 5 heteroatoms. The van der Waals surface area contributed by atoms with Gasteiger partial charge in [-0.05, 0) is 32.5 Å². The van der Waals surface area contributed by atoms with E-state index < -0.39 is 0 Å². The van der Waals surface area contributed by atoms with Crippen molar-refractivity contribution in [2.75, 3.05) is 19.6 Å². The molecule has 0 aliphatic heterocycles. The van der Waals surface area contributed by atoms with Gasteiger partial charge in [0.2, 0.25) is 5.91 Å². The Bertz CT molecular complexity index is 349. The maximum absolute atomic E-state index is 11.7. The van der Waals surface area contributed by atoms with E-state index in [1.807, 2.05) is 37.8 Å². The Kier molecular flexibility index (Phi) is 5.88. The van der Waals surface area contributed by atoms with Gasteiger partial charge in [-0.3, -0.25) is 9.69 Å². The van der Waals surface area contributed by atoms with Crippen molar-refractivity contribution in [3.8, 4) is 0 Å². The topological polar surface area (TPSA) is 71.5 Å². The Labute approximate surface area is 108 Å². The van der Waals surface area contributed by atoms with E-state index in [1.54, 1.807) is 6.26 Å². The first-order valence-corrected chi connectivity index (χ1v) is 6.39. The monoisotopic (exact) mass is 253 g/mol. The third-order valence-electron chi connectivity index (χ3n) is 2.85. The summed E-state index contributed by atoms with van der Waals surface area (Å²) in [6, 6.07) is 3.55. The van der Waals surface area contributed by atoms with Crippen molar-refractivity contribution in [2.45, 2.75) is 32.9 Å². The van der Waals surface area contributed by atoms with E-state index in [0.717, 1.165) is 12.3 Å². The van der Waals surface area contributed by atoms with E-state index in [2.05, 4.69) is 5.32 Å². The summed E-state index contributed by atoms with van der Waals surface area (Å²) in [7, 11) is 0. The lowest BCUT2D eigenvalue weighted by molar-refractivity contribution is -0.122. The molecule has 0 aliphatic carbocycles. The molecule has 102 valence electrons. The van der Waals surface area contributed by atoms with E-state index in [-0.39, 0.29) is 18.0 Å². The summed E-state index contributed by atoms with van der Waals surface area (Å²) in [4.78, 5) is 13.7. The lowest BCUT2D eigenvalue weighted by Crippen LogP contribution is -2.44. The van der Waals surface area contributed by atoms with Crippen LogP contribution in [0.1, 0.15) is 32.6 Å². The fourth-order valence-corrected chi connectivity index (χ4v) is 2.08. The smallest absolute Gasteiger partial charge is 0.234 e. The Morgan fingerprint density at radius 3 is 2.72 bits per heavy atom. The summed E-state index contributed by atoms with van der Waals surface area (Å²) in [6.07, 6.45) is 1.63. The first kappa shape index (κ1) is 14.7. The van der Waals surface area contributed by atoms with Gasteiger partial charge < -0.3 is 15.5 Å². The molecule has 2 atom stereocenters. The molecule has 0 bridgehead atoms. The van der Waals surface area contributed by atoms with Crippen LogP contribution in [0.3, 0.4) is 0 Å². The van der Waals surface area contributed by atoms with Gasteiger partial charge in [-0.25, -0.2) is 0 Å². The van der Waals surface area contributed by atoms with Crippen LogP contribution in [0, 0.1) is 0 Å². The molecule has 3 N–H and O–H groups in total. The molecule has 1 rings (SSSR count). The molecule has 18 heavy (non-hydrogen) atoms. The van der Waals surface area contributed by atoms with Crippen LogP contribution in [0.5, 0.6) is 0 Å². The van der Waals surface area contributed by atoms with E-state index in [9.17, 15) is 4.79 Å². The molecule has 5 nitrogen and oxygen atoms in total. The van der Waals surface area contributed by atoms with Gasteiger partial charge >= 0.3 is 0 Å². The molecule has 0 aromatic carbocycles. The second-order valence-electron chi connectivity index (χ2n) is 4.34. The summed E-state index contributed by atoms with van der Waals surface area (Å²) in [6.45, 7) is 7.55. The number of amides is 1. The average Bonchev–Trinajstić information content (AvgIpc) is 2.81. The maximum Gasteiger partial charge on any atom is 0.234 e. The fraction of sp³-hybridized carbons (Fsp3) is 0.615. The second kappa shape index (κ2) is 7.18. The number of furan rings is 1. The van der Waals surface area contributed by atoms with Crippen molar-refractivity contribution < 1.29 is 9.21 Å². The minimum atomic E-state index is -0.106. The number of carbonyl (C=O) groups excluding carboxylic acids is 1. The number of hydrogen-bond donors (Lipinski definition) is 2. The molecule has 0 spiro atoms. The predicted octanol–water partition coefficient (Wildman–Crippen LogP) is 1.13. The van der Waals surface area contributed by atoms with Crippen LogP contribution >= 0.6 is 0 Å². The summed E-state index contributed by atoms with van der Waals surface area (Å²) < 4.78 is 5.43. The highest BCUT2D eigenvalue weighted by molar-refractivity contribution is 5.78. The molecule has 1 heterocycles. The van der Waals surface area contributed by atoms with Gasteiger partial charge in [-0.2, -0.15) is 0 Å². The largest absolute Gasteiger partial charge is 0.468 e. The number of carbonyl (C=O) groups is 1. The number of nitrogens with two attached hydrogens (primary N) is 1. The Morgan fingerprint density at radius 2 is 2.28 bits per heavy atom. The molecule has 0 aliphatic rings. The van der Waals surface area contributed by atoms with Crippen molar-refractivity contribution >= 4 is 5.91 Å². The second-order valence-corrected chi connectivity index (χ2v) is 4.34. The lowest BCUT2D eigenvalue weighted by atomic mass is 10.1. The van der Waals surface area contributed by atoms with Gasteiger partial charge in [0, 0.05) is 12.6 Å². The molecule has 0 fully saturated rings. The summed E-state index contributed by atoms with van der Waals surface area (Å²) in [5, 5.41) is 2.80. The minimum Gasteiger partial charge on any atom is -0.468 e. The molecular weight excluding hydrogens is 230 g/mol. The van der Waals surface area contributed by atoms with Crippen LogP contribution in [-0.2, 0) is 4.79 Å². The number of nitrogens with one attached hydrogen (secondary N) is 1. The van der Waals surface area contributed by atoms with Crippen LogP contribution in [0.2, 0.25) is 0 Å². The van der Waals surface area contributed by atoms with Gasteiger partial charge in [0.15, 0.2) is 0 Å². The third-order valence-corrected chi connectivity index (χ3v) is 2.85. The molecule has 0 saturated carbocycles. The fourth-order valence-electron chi connectivity index (χ4n) is 2.08. The number of hydrogen-bond acceptors (Lipinski definition) is 4. The van der Waals surface area contributed by atoms with Gasteiger partial charge in [0.1, 0.15) is 5.76 Å². The third kappa shape index (κ3) is 3.85. The van der Waals surface area contributed by atoms with Gasteiger partial charge in [0.05, 0.1) is 18.8 Å². The zero-order valence-corrected chi connectivity index (χ0v) is 11.3. The first-order chi connectivity index (χ1) is 8.60. The van der Waals surface area contributed by atoms with Gasteiger partial charge in [-0.1, -0.05) is 6.92 Å². The van der Waals surface area contributed by atoms with Crippen LogP contribution in [0.15, 0.2) is 22.8 Å². The van der Waals surface area contributed by atoms with Crippen LogP contribution < -0.4 is 11.1 Å². The van der Waals surface area contributed by atoms with Crippen molar-refractivity contribution in [3.63, 3.8) is 0 Å². The Hall–Kier alpha value is -1.33. The van der Waals surface area contributed by atoms with Gasteiger partial charge in [-0.15, -0.1) is 0 Å². The highest BCUT2D eigenvalue weighted by atomic mass is 16.3. The quantitative estimate of drug-likeness (QED) is 0.764. The number of likely N-dealkylation sites (N-methyl/N-ethyl adjacent to an activating group) is 2. The Morgan fingerprint density at radius 1 is 1.56 bits per heavy atom. The van der Waals surface area contributed by atoms with E-state index in [0.29, 0.717) is 13.1 Å². The van der Waals surface area contributed by atoms with Crippen molar-refractivity contribution in [1.82, 2.24) is 10.2 Å². The highest BCUT2D eigenvalue weighted by Crippen LogP contribution is 2.23. The number of nitrogens with zero attached hydrogens (tertiary/aromatic N) is 1. The van der Waals surface area contributed by atoms with Crippen molar-refractivity contribution in [3.05, 3.63) is 24.2 Å². The van der Waals surface area contributed by atoms with Crippen molar-refractivity contribution in [1.29, 1.82) is 0 Å². The highest BCUT2D eigenvalue weighted by Gasteiger charge is 2.26. The SMILES string of the molecule is CCNC(=O)CN(CC)C(c1ccco1)C(C)N. The molecule has 1 aromatic heterocycles. The normalized spacial score (nSPS) is 14.5. The van der Waals surface area contributed by atoms with Crippen LogP contribution in [0.4, 0.5) is 0 Å². The zero-order chi connectivity index (χ0) is 13.5. The summed E-state index contributed by atoms with van der Waals surface area (Å²) >= 11 is 0. The number of rotatable bonds is 7. The van der Waals surface area contributed by atoms with Crippen LogP contribution in [0.25, 0.3) is 0 Å². The maximum atomic E-state index is 11.7. The first-order valence-electron chi connectivity index (χ1n) is 6.39. The Balaban J connectivity index is 2.79. The molecular formula is C13H23N3O2. The molecule has 1 aromatic rings. The van der Waals surface area contributed by atoms with E-state index >= 15 is 0 Å². The van der Waals surface area contributed by atoms with E-state index in [1.165, 1.54) is 0 Å². The van der Waals surface area contributed by atoms with Crippen molar-refractivity contribution in [2.24, 2.45) is 5.73 Å². The summed E-state index contributed by atoms with van der Waals surface area (Å²) in [5.41, 5.74) is 6.02. The zero-order valence-electron chi connectivity index (χ0n) is 11.3. The minimum absolute atomic E-state index is 0.0107. The average molecular weight is 253 g/mol. The van der Waals surface area contributed by atoms with Gasteiger partial charge in [0.25, 0.3) is 0 Å². The molecule has 2 unspecified atom stereocenters. The van der Waals surface area contributed by atoms with E-state index in [4.69, 9.17) is 10.2 Å². The molecule has 1 amide bonds. The summed E-state index contributed by atoms with van der Waals surface area (Å²) in [5.74, 6) is 0.813. The van der Waals surface area contributed by atoms with Crippen LogP contribution in [-0.4, -0.2) is 36.5 Å². The predicted molar refractivity (Wildman–Crippen MR) is 71.0 cm³/mol.